The number of nitrogen functional groups attached to an aromatic ring is 1. The van der Waals surface area contributed by atoms with E-state index in [1.165, 1.54) is 17.9 Å². The Morgan fingerprint density at radius 3 is 2.79 bits per heavy atom. The van der Waals surface area contributed by atoms with Crippen LogP contribution in [0.3, 0.4) is 0 Å². The molecule has 2 amide bonds. The summed E-state index contributed by atoms with van der Waals surface area (Å²) in [5.74, 6) is -0.610. The lowest BCUT2D eigenvalue weighted by Crippen LogP contribution is -2.42. The first-order valence-electron chi connectivity index (χ1n) is 9.53. The number of likely N-dealkylation sites (tertiary alicyclic amines) is 1. The molecule has 3 heterocycles. The molecule has 3 rings (SSSR count). The van der Waals surface area contributed by atoms with Crippen molar-refractivity contribution >= 4 is 23.3 Å². The average Bonchev–Trinajstić information content (AvgIpc) is 3.31. The number of nitrogens with two attached hydrogens (primary N) is 1. The van der Waals surface area contributed by atoms with Crippen molar-refractivity contribution in [3.8, 4) is 0 Å². The fourth-order valence-corrected chi connectivity index (χ4v) is 3.50. The molecular weight excluding hydrogens is 378 g/mol. The maximum atomic E-state index is 13.0. The number of hydrogen-bond donors (Lipinski definition) is 2. The summed E-state index contributed by atoms with van der Waals surface area (Å²) in [6.07, 6.45) is 3.10. The molecule has 1 saturated heterocycles. The van der Waals surface area contributed by atoms with Crippen LogP contribution < -0.4 is 21.9 Å². The number of nitrogens with one attached hydrogen (secondary N) is 1. The number of hydrogen-bond acceptors (Lipinski definition) is 6. The van der Waals surface area contributed by atoms with Crippen molar-refractivity contribution in [2.45, 2.75) is 39.3 Å². The zero-order valence-corrected chi connectivity index (χ0v) is 16.5. The van der Waals surface area contributed by atoms with E-state index in [4.69, 9.17) is 10.2 Å². The molecule has 0 aromatic carbocycles. The first-order valence-corrected chi connectivity index (χ1v) is 9.53. The number of aromatic amines is 1. The molecule has 0 aliphatic carbocycles. The van der Waals surface area contributed by atoms with Gasteiger partial charge in [0.25, 0.3) is 5.56 Å². The second kappa shape index (κ2) is 8.38. The number of carbonyl (C=O) groups excluding carboxylic acids is 2. The van der Waals surface area contributed by atoms with Gasteiger partial charge in [-0.3, -0.25) is 23.9 Å². The summed E-state index contributed by atoms with van der Waals surface area (Å²) in [5, 5.41) is 0. The monoisotopic (exact) mass is 403 g/mol. The highest BCUT2D eigenvalue weighted by Crippen LogP contribution is 2.25. The number of unbranched alkanes of at least 4 members (excludes halogenated alkanes) is 1. The van der Waals surface area contributed by atoms with Gasteiger partial charge < -0.3 is 20.0 Å². The lowest BCUT2D eigenvalue weighted by atomic mass is 10.1. The van der Waals surface area contributed by atoms with Gasteiger partial charge in [-0.15, -0.1) is 0 Å². The van der Waals surface area contributed by atoms with Crippen LogP contribution in [0.5, 0.6) is 0 Å². The Bertz CT molecular complexity index is 1010. The van der Waals surface area contributed by atoms with Gasteiger partial charge in [-0.1, -0.05) is 13.3 Å². The number of anilines is 2. The molecule has 10 heteroatoms. The molecule has 2 aromatic rings. The van der Waals surface area contributed by atoms with Gasteiger partial charge >= 0.3 is 5.69 Å². The minimum absolute atomic E-state index is 0.0389. The Labute approximate surface area is 166 Å². The average molecular weight is 403 g/mol. The van der Waals surface area contributed by atoms with Crippen LogP contribution in [-0.2, 0) is 22.7 Å². The maximum absolute atomic E-state index is 13.0. The van der Waals surface area contributed by atoms with Crippen molar-refractivity contribution in [3.63, 3.8) is 0 Å². The van der Waals surface area contributed by atoms with Crippen molar-refractivity contribution in [1.29, 1.82) is 0 Å². The smallest absolute Gasteiger partial charge is 0.330 e. The minimum Gasteiger partial charge on any atom is -0.467 e. The van der Waals surface area contributed by atoms with E-state index in [2.05, 4.69) is 4.98 Å². The van der Waals surface area contributed by atoms with Crippen molar-refractivity contribution in [2.75, 3.05) is 24.2 Å². The van der Waals surface area contributed by atoms with Crippen LogP contribution >= 0.6 is 0 Å². The van der Waals surface area contributed by atoms with E-state index in [1.807, 2.05) is 6.92 Å². The van der Waals surface area contributed by atoms with Gasteiger partial charge in [0.2, 0.25) is 11.8 Å². The van der Waals surface area contributed by atoms with E-state index >= 15 is 0 Å². The van der Waals surface area contributed by atoms with Gasteiger partial charge in [-0.25, -0.2) is 4.79 Å². The molecule has 0 saturated carbocycles. The van der Waals surface area contributed by atoms with Gasteiger partial charge in [0.05, 0.1) is 18.7 Å². The van der Waals surface area contributed by atoms with Crippen LogP contribution in [0, 0.1) is 5.92 Å². The zero-order valence-electron chi connectivity index (χ0n) is 16.5. The summed E-state index contributed by atoms with van der Waals surface area (Å²) in [4.78, 5) is 54.6. The molecule has 2 aromatic heterocycles. The summed E-state index contributed by atoms with van der Waals surface area (Å²) in [6.45, 7) is 2.81. The van der Waals surface area contributed by atoms with E-state index < -0.39 is 23.1 Å². The number of amides is 2. The highest BCUT2D eigenvalue weighted by Gasteiger charge is 2.37. The third-order valence-corrected chi connectivity index (χ3v) is 5.11. The lowest BCUT2D eigenvalue weighted by molar-refractivity contribution is -0.129. The Hall–Kier alpha value is -3.30. The molecular formula is C19H25N5O5. The van der Waals surface area contributed by atoms with Gasteiger partial charge in [0.1, 0.15) is 11.6 Å². The topological polar surface area (TPSA) is 135 Å². The number of carbonyl (C=O) groups is 2. The van der Waals surface area contributed by atoms with E-state index in [0.717, 1.165) is 11.3 Å². The first kappa shape index (κ1) is 20.4. The molecule has 0 radical (unpaired) electrons. The van der Waals surface area contributed by atoms with Gasteiger partial charge in [-0.05, 0) is 18.6 Å². The van der Waals surface area contributed by atoms with E-state index in [1.54, 1.807) is 17.0 Å². The quantitative estimate of drug-likeness (QED) is 0.692. The lowest BCUT2D eigenvalue weighted by Gasteiger charge is -2.23. The van der Waals surface area contributed by atoms with Crippen LogP contribution in [0.15, 0.2) is 32.4 Å². The number of furan rings is 1. The normalized spacial score (nSPS) is 16.4. The number of aromatic nitrogens is 2. The molecule has 29 heavy (non-hydrogen) atoms. The highest BCUT2D eigenvalue weighted by molar-refractivity contribution is 6.00. The molecule has 1 aliphatic rings. The van der Waals surface area contributed by atoms with Crippen molar-refractivity contribution in [2.24, 2.45) is 5.92 Å². The number of H-pyrrole nitrogens is 1. The van der Waals surface area contributed by atoms with Gasteiger partial charge in [-0.2, -0.15) is 0 Å². The maximum Gasteiger partial charge on any atom is 0.330 e. The molecule has 3 N–H and O–H groups in total. The van der Waals surface area contributed by atoms with Crippen molar-refractivity contribution < 1.29 is 14.0 Å². The Balaban J connectivity index is 1.81. The fourth-order valence-electron chi connectivity index (χ4n) is 3.50. The summed E-state index contributed by atoms with van der Waals surface area (Å²) >= 11 is 0. The number of rotatable bonds is 7. The van der Waals surface area contributed by atoms with Crippen LogP contribution in [-0.4, -0.2) is 39.9 Å². The highest BCUT2D eigenvalue weighted by atomic mass is 16.3. The second-order valence-electron chi connectivity index (χ2n) is 7.15. The Morgan fingerprint density at radius 2 is 2.14 bits per heavy atom. The Morgan fingerprint density at radius 1 is 1.38 bits per heavy atom. The van der Waals surface area contributed by atoms with E-state index in [0.29, 0.717) is 18.7 Å². The van der Waals surface area contributed by atoms with Gasteiger partial charge in [0.15, 0.2) is 5.69 Å². The minimum atomic E-state index is -0.729. The number of nitrogens with zero attached hydrogens (tertiary/aromatic N) is 3. The SMILES string of the molecule is CCCCn1c(N)c(N(C)C(=O)[C@@H]2CC(=O)N(Cc3ccco3)C2)c(=O)[nH]c1=O. The van der Waals surface area contributed by atoms with E-state index in [9.17, 15) is 19.2 Å². The molecule has 0 unspecified atom stereocenters. The molecule has 0 bridgehead atoms. The third kappa shape index (κ3) is 4.10. The Kier molecular flexibility index (Phi) is 5.90. The predicted molar refractivity (Wildman–Crippen MR) is 106 cm³/mol. The molecule has 10 nitrogen and oxygen atoms in total. The van der Waals surface area contributed by atoms with Crippen LogP contribution in [0.2, 0.25) is 0 Å². The molecule has 1 atom stereocenters. The fraction of sp³-hybridized carbons (Fsp3) is 0.474. The third-order valence-electron chi connectivity index (χ3n) is 5.11. The largest absolute Gasteiger partial charge is 0.467 e. The zero-order chi connectivity index (χ0) is 21.1. The summed E-state index contributed by atoms with van der Waals surface area (Å²) in [5.41, 5.74) is 4.65. The van der Waals surface area contributed by atoms with Crippen LogP contribution in [0.25, 0.3) is 0 Å². The van der Waals surface area contributed by atoms with Crippen LogP contribution in [0.1, 0.15) is 31.9 Å². The van der Waals surface area contributed by atoms with Crippen LogP contribution in [0.4, 0.5) is 11.5 Å². The molecule has 156 valence electrons. The second-order valence-corrected chi connectivity index (χ2v) is 7.15. The predicted octanol–water partition coefficient (Wildman–Crippen LogP) is 0.523. The summed E-state index contributed by atoms with van der Waals surface area (Å²) in [6, 6.07) is 3.49. The first-order chi connectivity index (χ1) is 13.8. The van der Waals surface area contributed by atoms with Crippen molar-refractivity contribution in [3.05, 3.63) is 45.0 Å². The molecule has 0 spiro atoms. The summed E-state index contributed by atoms with van der Waals surface area (Å²) < 4.78 is 6.52. The van der Waals surface area contributed by atoms with E-state index in [-0.39, 0.29) is 36.9 Å². The standard InChI is InChI=1S/C19H25N5O5/c1-3-4-7-24-16(20)15(17(26)21-19(24)28)22(2)18(27)12-9-14(25)23(10-12)11-13-6-5-8-29-13/h5-6,8,12H,3-4,7,9-11,20H2,1-2H3,(H,21,26,28)/t12-/m1/s1. The summed E-state index contributed by atoms with van der Waals surface area (Å²) in [7, 11) is 1.43. The molecule has 1 fully saturated rings. The molecule has 1 aliphatic heterocycles. The van der Waals surface area contributed by atoms with Gasteiger partial charge in [0, 0.05) is 26.6 Å². The van der Waals surface area contributed by atoms with Crippen molar-refractivity contribution in [1.82, 2.24) is 14.5 Å².